The molecule has 7 nitrogen and oxygen atoms in total. The fraction of sp³-hybridized carbons (Fsp3) is 0.250. The summed E-state index contributed by atoms with van der Waals surface area (Å²) in [7, 11) is 0. The number of rotatable bonds is 7. The number of hydrogen-bond acceptors (Lipinski definition) is 5. The number of carbonyl (C=O) groups is 3. The van der Waals surface area contributed by atoms with Gasteiger partial charge in [0, 0.05) is 11.1 Å². The molecular weight excluding hydrogens is 394 g/mol. The van der Waals surface area contributed by atoms with Crippen LogP contribution in [0.5, 0.6) is 0 Å². The van der Waals surface area contributed by atoms with Crippen molar-refractivity contribution in [3.63, 3.8) is 0 Å². The molecule has 0 aliphatic rings. The number of pyridine rings is 1. The monoisotopic (exact) mass is 419 g/mol. The molecule has 2 N–H and O–H groups in total. The highest BCUT2D eigenvalue weighted by molar-refractivity contribution is 5.99. The number of nitrogens with one attached hydrogen (secondary N) is 2. The molecule has 160 valence electrons. The quantitative estimate of drug-likeness (QED) is 0.573. The van der Waals surface area contributed by atoms with Gasteiger partial charge in [-0.1, -0.05) is 43.3 Å². The summed E-state index contributed by atoms with van der Waals surface area (Å²) in [6.45, 7) is 4.85. The van der Waals surface area contributed by atoms with Gasteiger partial charge >= 0.3 is 5.97 Å². The van der Waals surface area contributed by atoms with Gasteiger partial charge in [0.2, 0.25) is 5.91 Å². The lowest BCUT2D eigenvalue weighted by molar-refractivity contribution is -0.126. The topological polar surface area (TPSA) is 97.4 Å². The van der Waals surface area contributed by atoms with Crippen LogP contribution < -0.4 is 10.6 Å². The van der Waals surface area contributed by atoms with Gasteiger partial charge in [0.25, 0.3) is 5.91 Å². The van der Waals surface area contributed by atoms with Crippen LogP contribution in [0.15, 0.2) is 48.5 Å². The Morgan fingerprint density at radius 2 is 1.68 bits per heavy atom. The zero-order valence-corrected chi connectivity index (χ0v) is 17.8. The van der Waals surface area contributed by atoms with Crippen molar-refractivity contribution >= 4 is 34.4 Å². The van der Waals surface area contributed by atoms with Gasteiger partial charge in [-0.2, -0.15) is 0 Å². The number of carbonyl (C=O) groups excluding carboxylic acids is 3. The maximum absolute atomic E-state index is 12.6. The van der Waals surface area contributed by atoms with Crippen molar-refractivity contribution in [1.29, 1.82) is 0 Å². The van der Waals surface area contributed by atoms with Gasteiger partial charge in [0.1, 0.15) is 0 Å². The number of ether oxygens (including phenoxy) is 1. The molecule has 0 aliphatic heterocycles. The highest BCUT2D eigenvalue weighted by atomic mass is 16.5. The van der Waals surface area contributed by atoms with Crippen LogP contribution in [-0.4, -0.2) is 35.9 Å². The Balaban J connectivity index is 1.54. The Morgan fingerprint density at radius 3 is 2.45 bits per heavy atom. The van der Waals surface area contributed by atoms with Gasteiger partial charge in [-0.25, -0.2) is 4.79 Å². The summed E-state index contributed by atoms with van der Waals surface area (Å²) in [5.41, 5.74) is 4.15. The smallest absolute Gasteiger partial charge is 0.340 e. The van der Waals surface area contributed by atoms with Crippen LogP contribution in [0.4, 0.5) is 5.69 Å². The average molecular weight is 419 g/mol. The first kappa shape index (κ1) is 22.0. The number of nitrogens with zero attached hydrogens (tertiary/aromatic N) is 1. The fourth-order valence-electron chi connectivity index (χ4n) is 3.41. The number of benzene rings is 2. The second-order valence-corrected chi connectivity index (χ2v) is 7.13. The molecular formula is C24H25N3O4. The first-order valence-corrected chi connectivity index (χ1v) is 10.1. The molecule has 0 saturated heterocycles. The molecule has 0 unspecified atom stereocenters. The third kappa shape index (κ3) is 5.25. The Labute approximate surface area is 180 Å². The molecule has 3 aromatic rings. The summed E-state index contributed by atoms with van der Waals surface area (Å²) < 4.78 is 5.16. The van der Waals surface area contributed by atoms with Gasteiger partial charge in [-0.3, -0.25) is 14.6 Å². The maximum atomic E-state index is 12.6. The van der Waals surface area contributed by atoms with Gasteiger partial charge in [0.05, 0.1) is 23.3 Å². The van der Waals surface area contributed by atoms with Crippen LogP contribution in [0.1, 0.15) is 34.1 Å². The minimum atomic E-state index is -0.621. The molecule has 0 radical (unpaired) electrons. The average Bonchev–Trinajstić information content (AvgIpc) is 2.76. The predicted octanol–water partition coefficient (Wildman–Crippen LogP) is 3.33. The van der Waals surface area contributed by atoms with Crippen LogP contribution >= 0.6 is 0 Å². The molecule has 2 aromatic carbocycles. The second-order valence-electron chi connectivity index (χ2n) is 7.13. The van der Waals surface area contributed by atoms with Crippen molar-refractivity contribution in [1.82, 2.24) is 10.3 Å². The number of hydrogen-bond donors (Lipinski definition) is 2. The first-order chi connectivity index (χ1) is 14.9. The van der Waals surface area contributed by atoms with E-state index < -0.39 is 18.5 Å². The molecule has 31 heavy (non-hydrogen) atoms. The zero-order chi connectivity index (χ0) is 22.4. The summed E-state index contributed by atoms with van der Waals surface area (Å²) in [6, 6.07) is 15.0. The van der Waals surface area contributed by atoms with E-state index in [1.165, 1.54) is 0 Å². The van der Waals surface area contributed by atoms with E-state index in [1.807, 2.05) is 62.4 Å². The lowest BCUT2D eigenvalue weighted by Crippen LogP contribution is -2.35. The third-order valence-corrected chi connectivity index (χ3v) is 4.99. The molecule has 0 bridgehead atoms. The summed E-state index contributed by atoms with van der Waals surface area (Å²) >= 11 is 0. The van der Waals surface area contributed by atoms with Gasteiger partial charge in [0.15, 0.2) is 6.61 Å². The summed E-state index contributed by atoms with van der Waals surface area (Å²) in [6.07, 6.45) is 0.779. The van der Waals surface area contributed by atoms with E-state index in [0.717, 1.165) is 28.5 Å². The molecule has 1 heterocycles. The molecule has 3 rings (SSSR count). The Bertz CT molecular complexity index is 1140. The summed E-state index contributed by atoms with van der Waals surface area (Å²) in [5.74, 6) is -1.54. The predicted molar refractivity (Wildman–Crippen MR) is 119 cm³/mol. The molecule has 0 aliphatic carbocycles. The number of amides is 2. The second kappa shape index (κ2) is 9.84. The fourth-order valence-corrected chi connectivity index (χ4v) is 3.41. The van der Waals surface area contributed by atoms with Crippen molar-refractivity contribution < 1.29 is 19.1 Å². The van der Waals surface area contributed by atoms with E-state index in [2.05, 4.69) is 15.6 Å². The lowest BCUT2D eigenvalue weighted by Gasteiger charge is -2.12. The summed E-state index contributed by atoms with van der Waals surface area (Å²) in [5, 5.41) is 6.09. The van der Waals surface area contributed by atoms with E-state index in [1.54, 1.807) is 6.92 Å². The molecule has 0 spiro atoms. The number of anilines is 1. The molecule has 0 fully saturated rings. The largest absolute Gasteiger partial charge is 0.452 e. The molecule has 0 saturated carbocycles. The Hall–Kier alpha value is -3.74. The zero-order valence-electron chi connectivity index (χ0n) is 17.8. The van der Waals surface area contributed by atoms with E-state index in [0.29, 0.717) is 16.9 Å². The van der Waals surface area contributed by atoms with Crippen molar-refractivity contribution in [2.75, 3.05) is 18.5 Å². The number of fused-ring (bicyclic) bond motifs is 1. The SMILES string of the molecule is CCc1ccccc1NC(=O)CNC(=O)COC(=O)c1c(C)nc2ccccc2c1C. The van der Waals surface area contributed by atoms with Gasteiger partial charge in [-0.05, 0) is 43.5 Å². The Kier molecular flexibility index (Phi) is 6.97. The van der Waals surface area contributed by atoms with Crippen LogP contribution in [0.2, 0.25) is 0 Å². The van der Waals surface area contributed by atoms with Gasteiger partial charge in [-0.15, -0.1) is 0 Å². The van der Waals surface area contributed by atoms with Gasteiger partial charge < -0.3 is 15.4 Å². The number of aryl methyl sites for hydroxylation is 3. The standard InChI is InChI=1S/C24H25N3O4/c1-4-17-9-5-7-11-19(17)27-21(28)13-25-22(29)14-31-24(30)23-15(2)18-10-6-8-12-20(18)26-16(23)3/h5-12H,4,13-14H2,1-3H3,(H,25,29)(H,27,28). The molecule has 0 atom stereocenters. The minimum Gasteiger partial charge on any atom is -0.452 e. The number of para-hydroxylation sites is 2. The van der Waals surface area contributed by atoms with Crippen LogP contribution in [-0.2, 0) is 20.7 Å². The van der Waals surface area contributed by atoms with E-state index in [-0.39, 0.29) is 12.5 Å². The highest BCUT2D eigenvalue weighted by Crippen LogP contribution is 2.23. The number of aromatic nitrogens is 1. The van der Waals surface area contributed by atoms with Crippen molar-refractivity contribution in [2.45, 2.75) is 27.2 Å². The van der Waals surface area contributed by atoms with Crippen LogP contribution in [0.3, 0.4) is 0 Å². The summed E-state index contributed by atoms with van der Waals surface area (Å²) in [4.78, 5) is 41.2. The van der Waals surface area contributed by atoms with Crippen LogP contribution in [0, 0.1) is 13.8 Å². The van der Waals surface area contributed by atoms with E-state index in [9.17, 15) is 14.4 Å². The maximum Gasteiger partial charge on any atom is 0.340 e. The first-order valence-electron chi connectivity index (χ1n) is 10.1. The van der Waals surface area contributed by atoms with E-state index in [4.69, 9.17) is 4.74 Å². The Morgan fingerprint density at radius 1 is 0.968 bits per heavy atom. The van der Waals surface area contributed by atoms with Crippen molar-refractivity contribution in [2.24, 2.45) is 0 Å². The van der Waals surface area contributed by atoms with E-state index >= 15 is 0 Å². The number of esters is 1. The third-order valence-electron chi connectivity index (χ3n) is 4.99. The highest BCUT2D eigenvalue weighted by Gasteiger charge is 2.19. The van der Waals surface area contributed by atoms with Crippen molar-refractivity contribution in [3.05, 3.63) is 70.9 Å². The van der Waals surface area contributed by atoms with Crippen LogP contribution in [0.25, 0.3) is 10.9 Å². The molecule has 1 aromatic heterocycles. The van der Waals surface area contributed by atoms with Crippen molar-refractivity contribution in [3.8, 4) is 0 Å². The molecule has 2 amide bonds. The normalized spacial score (nSPS) is 10.5. The minimum absolute atomic E-state index is 0.218. The molecule has 7 heteroatoms. The lowest BCUT2D eigenvalue weighted by atomic mass is 10.0.